The Labute approximate surface area is 192 Å². The Balaban J connectivity index is 0.000000523. The number of carboxylic acid groups (broad SMARTS) is 1. The molecule has 0 radical (unpaired) electrons. The van der Waals surface area contributed by atoms with Crippen molar-refractivity contribution in [2.75, 3.05) is 0 Å². The molecule has 7 nitrogen and oxygen atoms in total. The third-order valence-corrected chi connectivity index (χ3v) is 10.2. The van der Waals surface area contributed by atoms with Crippen LogP contribution in [0.2, 0.25) is 0 Å². The van der Waals surface area contributed by atoms with E-state index in [1.807, 2.05) is 0 Å². The van der Waals surface area contributed by atoms with Gasteiger partial charge in [0.05, 0.1) is 0 Å². The normalized spacial score (nSPS) is 43.0. The Kier molecular flexibility index (Phi) is 7.70. The first-order valence-electron chi connectivity index (χ1n) is 12.4. The van der Waals surface area contributed by atoms with E-state index in [-0.39, 0.29) is 0 Å². The first-order chi connectivity index (χ1) is 14.8. The van der Waals surface area contributed by atoms with Crippen molar-refractivity contribution in [1.29, 1.82) is 0 Å². The number of fused-ring (bicyclic) bond motifs is 5. The first-order valence-corrected chi connectivity index (χ1v) is 13.8. The molecule has 0 aliphatic heterocycles. The summed E-state index contributed by atoms with van der Waals surface area (Å²) >= 11 is 0. The third kappa shape index (κ3) is 5.18. The van der Waals surface area contributed by atoms with Crippen LogP contribution in [-0.4, -0.2) is 39.8 Å². The predicted molar refractivity (Wildman–Crippen MR) is 121 cm³/mol. The number of rotatable bonds is 4. The van der Waals surface area contributed by atoms with Crippen molar-refractivity contribution in [2.45, 2.75) is 97.5 Å². The number of hydrogen-bond donors (Lipinski definition) is 4. The van der Waals surface area contributed by atoms with Crippen LogP contribution in [0.25, 0.3) is 0 Å². The fourth-order valence-corrected chi connectivity index (χ4v) is 8.89. The lowest BCUT2D eigenvalue weighted by Gasteiger charge is -2.61. The predicted octanol–water partition coefficient (Wildman–Crippen LogP) is 4.85. The van der Waals surface area contributed by atoms with E-state index in [1.54, 1.807) is 0 Å². The van der Waals surface area contributed by atoms with Gasteiger partial charge in [-0.2, -0.15) is 8.42 Å². The molecular weight excluding hydrogens is 432 g/mol. The molecule has 4 saturated carbocycles. The zero-order chi connectivity index (χ0) is 23.9. The van der Waals surface area contributed by atoms with Gasteiger partial charge in [-0.3, -0.25) is 9.11 Å². The van der Waals surface area contributed by atoms with E-state index in [0.29, 0.717) is 29.1 Å². The van der Waals surface area contributed by atoms with Gasteiger partial charge < -0.3 is 10.2 Å². The molecule has 0 spiro atoms. The van der Waals surface area contributed by atoms with Gasteiger partial charge in [0.15, 0.2) is 6.10 Å². The summed E-state index contributed by atoms with van der Waals surface area (Å²) in [5.74, 6) is 3.43. The maximum absolute atomic E-state index is 11.1. The van der Waals surface area contributed by atoms with Gasteiger partial charge in [-0.15, -0.1) is 0 Å². The second-order valence-corrected chi connectivity index (χ2v) is 12.5. The lowest BCUT2D eigenvalue weighted by atomic mass is 9.44. The summed E-state index contributed by atoms with van der Waals surface area (Å²) in [6.45, 7) is 7.34. The number of hydrogen-bond acceptors (Lipinski definition) is 4. The van der Waals surface area contributed by atoms with Gasteiger partial charge in [0.25, 0.3) is 0 Å². The lowest BCUT2D eigenvalue weighted by Crippen LogP contribution is -2.53. The molecular formula is C24H42O7S. The maximum Gasteiger partial charge on any atom is 0.394 e. The van der Waals surface area contributed by atoms with E-state index in [4.69, 9.17) is 22.6 Å². The van der Waals surface area contributed by atoms with Gasteiger partial charge in [-0.1, -0.05) is 33.6 Å². The van der Waals surface area contributed by atoms with E-state index in [0.717, 1.165) is 23.7 Å². The summed E-state index contributed by atoms with van der Waals surface area (Å²) in [5.41, 5.74) is 0.947. The summed E-state index contributed by atoms with van der Waals surface area (Å²) in [6.07, 6.45) is 13.2. The molecule has 0 aromatic carbocycles. The number of aliphatic hydroxyl groups excluding tert-OH is 1. The van der Waals surface area contributed by atoms with Crippen LogP contribution >= 0.6 is 0 Å². The summed E-state index contributed by atoms with van der Waals surface area (Å²) in [7, 11) is -4.67. The van der Waals surface area contributed by atoms with Crippen LogP contribution in [0.3, 0.4) is 0 Å². The fourth-order valence-electron chi connectivity index (χ4n) is 8.89. The third-order valence-electron chi connectivity index (χ3n) is 10.2. The van der Waals surface area contributed by atoms with E-state index in [2.05, 4.69) is 20.8 Å². The highest BCUT2D eigenvalue weighted by molar-refractivity contribution is 7.79. The summed E-state index contributed by atoms with van der Waals surface area (Å²) in [4.78, 5) is 11.1. The van der Waals surface area contributed by atoms with Crippen molar-refractivity contribution in [1.82, 2.24) is 0 Å². The molecule has 186 valence electrons. The highest BCUT2D eigenvalue weighted by atomic mass is 32.3. The van der Waals surface area contributed by atoms with Gasteiger partial charge >= 0.3 is 16.4 Å². The van der Waals surface area contributed by atoms with Gasteiger partial charge in [0.1, 0.15) is 0 Å². The smallest absolute Gasteiger partial charge is 0.394 e. The van der Waals surface area contributed by atoms with Gasteiger partial charge in [-0.25, -0.2) is 4.79 Å². The van der Waals surface area contributed by atoms with Crippen LogP contribution < -0.4 is 0 Å². The van der Waals surface area contributed by atoms with Crippen molar-refractivity contribution in [3.63, 3.8) is 0 Å². The molecule has 4 rings (SSSR count). The topological polar surface area (TPSA) is 132 Å². The molecule has 0 saturated heterocycles. The Morgan fingerprint density at radius 3 is 2.19 bits per heavy atom. The number of aliphatic carboxylic acids is 1. The summed E-state index contributed by atoms with van der Waals surface area (Å²) in [6, 6.07) is 0. The Morgan fingerprint density at radius 1 is 0.938 bits per heavy atom. The zero-order valence-corrected chi connectivity index (χ0v) is 20.6. The molecule has 32 heavy (non-hydrogen) atoms. The quantitative estimate of drug-likeness (QED) is 0.428. The van der Waals surface area contributed by atoms with Gasteiger partial charge in [0, 0.05) is 0 Å². The Morgan fingerprint density at radius 2 is 1.56 bits per heavy atom. The maximum atomic E-state index is 11.1. The van der Waals surface area contributed by atoms with Crippen molar-refractivity contribution in [2.24, 2.45) is 46.3 Å². The Hall–Kier alpha value is -0.700. The largest absolute Gasteiger partial charge is 0.479 e. The molecule has 2 unspecified atom stereocenters. The van der Waals surface area contributed by atoms with Crippen LogP contribution in [0.4, 0.5) is 0 Å². The lowest BCUT2D eigenvalue weighted by molar-refractivity contribution is -0.148. The second kappa shape index (κ2) is 9.51. The van der Waals surface area contributed by atoms with E-state index in [9.17, 15) is 9.90 Å². The fraction of sp³-hybridized carbons (Fsp3) is 0.958. The van der Waals surface area contributed by atoms with Crippen LogP contribution in [-0.2, 0) is 15.2 Å². The van der Waals surface area contributed by atoms with Gasteiger partial charge in [-0.05, 0) is 104 Å². The summed E-state index contributed by atoms with van der Waals surface area (Å²) in [5, 5.41) is 19.0. The molecule has 0 aromatic rings. The molecule has 0 bridgehead atoms. The van der Waals surface area contributed by atoms with Crippen molar-refractivity contribution in [3.05, 3.63) is 0 Å². The van der Waals surface area contributed by atoms with Crippen LogP contribution in [0.15, 0.2) is 0 Å². The highest BCUT2D eigenvalue weighted by Gasteiger charge is 2.60. The minimum atomic E-state index is -4.67. The molecule has 4 aliphatic rings. The standard InChI is InChI=1S/C24H40O3.H2O4S/c1-15(14-21(25)22(26)27)18-9-10-19-17-8-7-16-6-4-5-12-23(16,2)20(17)11-13-24(18,19)3;1-5(2,3)4/h15-21,25H,4-14H2,1-3H3,(H,26,27);(H2,1,2,3,4)/t15-,16?,17+,18-,19+,20+,21?,23+,24-;/m1./s1. The van der Waals surface area contributed by atoms with E-state index < -0.39 is 22.5 Å². The molecule has 4 fully saturated rings. The van der Waals surface area contributed by atoms with Crippen LogP contribution in [0, 0.1) is 46.3 Å². The second-order valence-electron chi connectivity index (χ2n) is 11.6. The molecule has 0 amide bonds. The highest BCUT2D eigenvalue weighted by Crippen LogP contribution is 2.68. The number of aliphatic hydroxyl groups is 1. The van der Waals surface area contributed by atoms with Crippen molar-refractivity contribution < 1.29 is 32.5 Å². The summed E-state index contributed by atoms with van der Waals surface area (Å²) < 4.78 is 31.6. The van der Waals surface area contributed by atoms with Gasteiger partial charge in [0.2, 0.25) is 0 Å². The molecule has 9 atom stereocenters. The number of carboxylic acids is 1. The van der Waals surface area contributed by atoms with Crippen LogP contribution in [0.5, 0.6) is 0 Å². The average molecular weight is 475 g/mol. The monoisotopic (exact) mass is 474 g/mol. The Bertz CT molecular complexity index is 775. The zero-order valence-electron chi connectivity index (χ0n) is 19.7. The van der Waals surface area contributed by atoms with E-state index in [1.165, 1.54) is 64.2 Å². The molecule has 0 aromatic heterocycles. The minimum Gasteiger partial charge on any atom is -0.479 e. The SMILES string of the molecule is C[C@H](CC(O)C(=O)O)[C@H]1CC[C@H]2[C@@H]3CCC4CCCC[C@]4(C)[C@H]3CC[C@]12C.O=S(=O)(O)O. The number of carbonyl (C=O) groups is 1. The molecule has 4 N–H and O–H groups in total. The molecule has 4 aliphatic carbocycles. The van der Waals surface area contributed by atoms with Crippen molar-refractivity contribution >= 4 is 16.4 Å². The molecule has 8 heteroatoms. The van der Waals surface area contributed by atoms with Crippen LogP contribution in [0.1, 0.15) is 91.4 Å². The van der Waals surface area contributed by atoms with Crippen molar-refractivity contribution in [3.8, 4) is 0 Å². The minimum absolute atomic E-state index is 0.296. The molecule has 0 heterocycles. The first kappa shape index (κ1) is 25.9. The average Bonchev–Trinajstić information content (AvgIpc) is 3.03. The van der Waals surface area contributed by atoms with E-state index >= 15 is 0 Å².